The Morgan fingerprint density at radius 3 is 2.91 bits per heavy atom. The maximum Gasteiger partial charge on any atom is 0.258 e. The Kier molecular flexibility index (Phi) is 4.73. The van der Waals surface area contributed by atoms with E-state index in [4.69, 9.17) is 4.74 Å². The summed E-state index contributed by atoms with van der Waals surface area (Å²) in [6.45, 7) is 3.27. The van der Waals surface area contributed by atoms with Gasteiger partial charge in [0.2, 0.25) is 0 Å². The third-order valence-electron chi connectivity index (χ3n) is 6.83. The number of aliphatic imine (C=N–C) groups is 1. The van der Waals surface area contributed by atoms with Gasteiger partial charge < -0.3 is 19.1 Å². The van der Waals surface area contributed by atoms with Gasteiger partial charge >= 0.3 is 0 Å². The molecule has 0 aliphatic carbocycles. The van der Waals surface area contributed by atoms with Gasteiger partial charge in [-0.3, -0.25) is 14.4 Å². The number of aryl methyl sites for hydroxylation is 1. The highest BCUT2D eigenvalue weighted by atomic mass is 16.5. The lowest BCUT2D eigenvalue weighted by molar-refractivity contribution is 0.284. The number of fused-ring (bicyclic) bond motifs is 4. The molecule has 0 saturated carbocycles. The number of benzene rings is 1. The van der Waals surface area contributed by atoms with E-state index >= 15 is 0 Å². The molecule has 7 heteroatoms. The molecule has 0 spiro atoms. The average molecular weight is 442 g/mol. The predicted molar refractivity (Wildman–Crippen MR) is 130 cm³/mol. The summed E-state index contributed by atoms with van der Waals surface area (Å²) in [5, 5.41) is 1.29. The van der Waals surface area contributed by atoms with Crippen molar-refractivity contribution < 1.29 is 4.74 Å². The molecule has 0 N–H and O–H groups in total. The Hall–Kier alpha value is -3.58. The summed E-state index contributed by atoms with van der Waals surface area (Å²) in [4.78, 5) is 22.0. The van der Waals surface area contributed by atoms with Crippen LogP contribution in [0.1, 0.15) is 11.3 Å². The van der Waals surface area contributed by atoms with Crippen LogP contribution >= 0.6 is 0 Å². The highest BCUT2D eigenvalue weighted by Crippen LogP contribution is 2.31. The van der Waals surface area contributed by atoms with Gasteiger partial charge in [-0.1, -0.05) is 12.1 Å². The van der Waals surface area contributed by atoms with Crippen molar-refractivity contribution in [3.63, 3.8) is 0 Å². The molecule has 3 aliphatic rings. The number of aromatic nitrogens is 2. The van der Waals surface area contributed by atoms with Crippen molar-refractivity contribution in [2.45, 2.75) is 19.0 Å². The first-order chi connectivity index (χ1) is 16.1. The van der Waals surface area contributed by atoms with E-state index in [1.165, 1.54) is 22.2 Å². The topological polar surface area (TPSA) is 55.0 Å². The lowest BCUT2D eigenvalue weighted by Gasteiger charge is -2.23. The number of amidine groups is 1. The van der Waals surface area contributed by atoms with Crippen molar-refractivity contribution >= 4 is 16.7 Å². The monoisotopic (exact) mass is 441 g/mol. The van der Waals surface area contributed by atoms with Crippen LogP contribution in [-0.2, 0) is 20.0 Å². The SMILES string of the molecule is CN1CCc2c(n(C)c3cc(-n4ccc(OCC5CN6C=CC=CC6=N5)cc4=O)ccc23)C1. The maximum absolute atomic E-state index is 12.9. The molecule has 1 unspecified atom stereocenters. The molecule has 33 heavy (non-hydrogen) atoms. The molecular formula is C26H27N5O2. The van der Waals surface area contributed by atoms with Gasteiger partial charge in [0.15, 0.2) is 0 Å². The molecule has 1 atom stereocenters. The average Bonchev–Trinajstić information content (AvgIpc) is 3.36. The molecule has 2 aromatic heterocycles. The van der Waals surface area contributed by atoms with Gasteiger partial charge in [-0.05, 0) is 49.4 Å². The fourth-order valence-corrected chi connectivity index (χ4v) is 5.06. The number of ether oxygens (including phenoxy) is 1. The molecule has 6 rings (SSSR count). The normalized spacial score (nSPS) is 19.6. The Bertz CT molecular complexity index is 1390. The highest BCUT2D eigenvalue weighted by Gasteiger charge is 2.24. The Balaban J connectivity index is 1.23. The van der Waals surface area contributed by atoms with Crippen LogP contribution in [-0.4, -0.2) is 57.6 Å². The van der Waals surface area contributed by atoms with Crippen LogP contribution in [0.2, 0.25) is 0 Å². The van der Waals surface area contributed by atoms with E-state index in [0.717, 1.165) is 37.6 Å². The lowest BCUT2D eigenvalue weighted by atomic mass is 10.0. The molecule has 168 valence electrons. The molecule has 5 heterocycles. The van der Waals surface area contributed by atoms with Crippen molar-refractivity contribution in [3.05, 3.63) is 82.6 Å². The van der Waals surface area contributed by atoms with Crippen molar-refractivity contribution in [2.24, 2.45) is 12.0 Å². The molecule has 3 aliphatic heterocycles. The number of allylic oxidation sites excluding steroid dienone is 2. The summed E-state index contributed by atoms with van der Waals surface area (Å²) in [5.41, 5.74) is 4.73. The molecule has 1 aromatic carbocycles. The minimum Gasteiger partial charge on any atom is -0.491 e. The van der Waals surface area contributed by atoms with Gasteiger partial charge in [-0.25, -0.2) is 0 Å². The van der Waals surface area contributed by atoms with Gasteiger partial charge in [0, 0.05) is 56.2 Å². The van der Waals surface area contributed by atoms with Crippen molar-refractivity contribution in [3.8, 4) is 11.4 Å². The number of likely N-dealkylation sites (N-methyl/N-ethyl adjacent to an activating group) is 1. The first-order valence-corrected chi connectivity index (χ1v) is 11.4. The number of hydrogen-bond acceptors (Lipinski definition) is 5. The van der Waals surface area contributed by atoms with Crippen LogP contribution in [0.25, 0.3) is 16.6 Å². The lowest BCUT2D eigenvalue weighted by Crippen LogP contribution is -2.27. The van der Waals surface area contributed by atoms with Gasteiger partial charge in [-0.15, -0.1) is 0 Å². The Labute approximate surface area is 192 Å². The van der Waals surface area contributed by atoms with Crippen LogP contribution < -0.4 is 10.3 Å². The zero-order valence-corrected chi connectivity index (χ0v) is 18.9. The second kappa shape index (κ2) is 7.78. The highest BCUT2D eigenvalue weighted by molar-refractivity contribution is 5.96. The predicted octanol–water partition coefficient (Wildman–Crippen LogP) is 2.86. The summed E-state index contributed by atoms with van der Waals surface area (Å²) in [6.07, 6.45) is 10.9. The van der Waals surface area contributed by atoms with Crippen LogP contribution in [0.4, 0.5) is 0 Å². The summed E-state index contributed by atoms with van der Waals surface area (Å²) in [5.74, 6) is 1.54. The van der Waals surface area contributed by atoms with Crippen LogP contribution in [0.15, 0.2) is 70.7 Å². The van der Waals surface area contributed by atoms with Crippen molar-refractivity contribution in [2.75, 3.05) is 26.7 Å². The fourth-order valence-electron chi connectivity index (χ4n) is 5.06. The summed E-state index contributed by atoms with van der Waals surface area (Å²) in [6, 6.07) is 9.77. The smallest absolute Gasteiger partial charge is 0.258 e. The molecule has 7 nitrogen and oxygen atoms in total. The molecule has 0 fully saturated rings. The quantitative estimate of drug-likeness (QED) is 0.625. The number of pyridine rings is 1. The van der Waals surface area contributed by atoms with E-state index in [1.54, 1.807) is 16.8 Å². The third-order valence-corrected chi connectivity index (χ3v) is 6.83. The van der Waals surface area contributed by atoms with E-state index in [1.807, 2.05) is 36.6 Å². The molecular weight excluding hydrogens is 414 g/mol. The molecule has 3 aromatic rings. The first kappa shape index (κ1) is 20.1. The summed E-state index contributed by atoms with van der Waals surface area (Å²) < 4.78 is 9.87. The Morgan fingerprint density at radius 1 is 1.15 bits per heavy atom. The molecule has 0 radical (unpaired) electrons. The second-order valence-electron chi connectivity index (χ2n) is 9.05. The second-order valence-corrected chi connectivity index (χ2v) is 9.05. The summed E-state index contributed by atoms with van der Waals surface area (Å²) in [7, 11) is 4.28. The Morgan fingerprint density at radius 2 is 2.06 bits per heavy atom. The van der Waals surface area contributed by atoms with Gasteiger partial charge in [-0.2, -0.15) is 0 Å². The molecule has 0 saturated heterocycles. The third kappa shape index (κ3) is 3.49. The van der Waals surface area contributed by atoms with E-state index in [0.29, 0.717) is 12.4 Å². The minimum atomic E-state index is -0.105. The number of hydrogen-bond donors (Lipinski definition) is 0. The van der Waals surface area contributed by atoms with E-state index < -0.39 is 0 Å². The zero-order valence-electron chi connectivity index (χ0n) is 18.9. The standard InChI is InChI=1S/C26H27N5O2/c1-28-11-9-22-21-7-6-19(13-23(21)29(2)24(22)16-28)31-12-8-20(14-26(31)32)33-17-18-15-30-10-4-3-5-25(30)27-18/h3-8,10,12-14,18H,9,11,15-17H2,1-2H3. The number of nitrogens with zero attached hydrogens (tertiary/aromatic N) is 5. The van der Waals surface area contributed by atoms with Crippen LogP contribution in [0.3, 0.4) is 0 Å². The summed E-state index contributed by atoms with van der Waals surface area (Å²) >= 11 is 0. The van der Waals surface area contributed by atoms with Gasteiger partial charge in [0.1, 0.15) is 24.2 Å². The molecule has 0 amide bonds. The van der Waals surface area contributed by atoms with Crippen LogP contribution in [0, 0.1) is 0 Å². The molecule has 0 bridgehead atoms. The maximum atomic E-state index is 12.9. The van der Waals surface area contributed by atoms with Crippen molar-refractivity contribution in [1.29, 1.82) is 0 Å². The number of rotatable bonds is 4. The van der Waals surface area contributed by atoms with E-state index in [9.17, 15) is 4.79 Å². The van der Waals surface area contributed by atoms with E-state index in [-0.39, 0.29) is 11.6 Å². The zero-order chi connectivity index (χ0) is 22.5. The largest absolute Gasteiger partial charge is 0.491 e. The first-order valence-electron chi connectivity index (χ1n) is 11.4. The van der Waals surface area contributed by atoms with Crippen LogP contribution in [0.5, 0.6) is 5.75 Å². The fraction of sp³-hybridized carbons (Fsp3) is 0.308. The van der Waals surface area contributed by atoms with Crippen molar-refractivity contribution in [1.82, 2.24) is 18.9 Å². The van der Waals surface area contributed by atoms with Gasteiger partial charge in [0.25, 0.3) is 5.56 Å². The van der Waals surface area contributed by atoms with E-state index in [2.05, 4.69) is 45.6 Å². The van der Waals surface area contributed by atoms with Gasteiger partial charge in [0.05, 0.1) is 11.2 Å². The minimum absolute atomic E-state index is 0.0552.